The predicted molar refractivity (Wildman–Crippen MR) is 104 cm³/mol. The van der Waals surface area contributed by atoms with E-state index in [9.17, 15) is 0 Å². The van der Waals surface area contributed by atoms with Gasteiger partial charge >= 0.3 is 0 Å². The minimum absolute atomic E-state index is 0.205. The molecule has 2 aromatic carbocycles. The lowest BCUT2D eigenvalue weighted by atomic mass is 9.84. The third-order valence-electron chi connectivity index (χ3n) is 4.34. The van der Waals surface area contributed by atoms with Gasteiger partial charge in [0, 0.05) is 5.41 Å². The van der Waals surface area contributed by atoms with Gasteiger partial charge in [-0.2, -0.15) is 0 Å². The van der Waals surface area contributed by atoms with Gasteiger partial charge in [-0.3, -0.25) is 4.99 Å². The number of nitrogens with two attached hydrogens (primary N) is 1. The smallest absolute Gasteiger partial charge is 0.193 e. The van der Waals surface area contributed by atoms with Crippen molar-refractivity contribution in [2.75, 3.05) is 32.2 Å². The Hall–Kier alpha value is -2.89. The van der Waals surface area contributed by atoms with E-state index >= 15 is 0 Å². The number of benzene rings is 2. The number of hydrogen-bond acceptors (Lipinski definition) is 4. The second kappa shape index (κ2) is 7.56. The van der Waals surface area contributed by atoms with Crippen LogP contribution in [-0.2, 0) is 5.41 Å². The lowest BCUT2D eigenvalue weighted by molar-refractivity contribution is 0.171. The van der Waals surface area contributed by atoms with E-state index in [1.54, 1.807) is 7.11 Å². The highest BCUT2D eigenvalue weighted by Crippen LogP contribution is 2.35. The Kier molecular flexibility index (Phi) is 5.21. The average molecular weight is 355 g/mol. The Morgan fingerprint density at radius 3 is 2.65 bits per heavy atom. The van der Waals surface area contributed by atoms with Crippen molar-refractivity contribution in [1.82, 2.24) is 0 Å². The van der Waals surface area contributed by atoms with E-state index < -0.39 is 0 Å². The van der Waals surface area contributed by atoms with Crippen LogP contribution in [0.4, 0.5) is 5.69 Å². The maximum Gasteiger partial charge on any atom is 0.193 e. The summed E-state index contributed by atoms with van der Waals surface area (Å²) in [6.45, 7) is 5.94. The van der Waals surface area contributed by atoms with E-state index in [0.717, 1.165) is 28.5 Å². The zero-order valence-corrected chi connectivity index (χ0v) is 15.4. The summed E-state index contributed by atoms with van der Waals surface area (Å²) in [5.74, 6) is 2.64. The summed E-state index contributed by atoms with van der Waals surface area (Å²) in [6, 6.07) is 13.6. The molecule has 0 aliphatic carbocycles. The summed E-state index contributed by atoms with van der Waals surface area (Å²) in [4.78, 5) is 4.51. The van der Waals surface area contributed by atoms with E-state index in [1.165, 1.54) is 0 Å². The molecule has 3 N–H and O–H groups in total. The zero-order valence-electron chi connectivity index (χ0n) is 15.4. The van der Waals surface area contributed by atoms with Crippen LogP contribution in [0.5, 0.6) is 17.2 Å². The van der Waals surface area contributed by atoms with Crippen molar-refractivity contribution >= 4 is 11.6 Å². The highest BCUT2D eigenvalue weighted by molar-refractivity contribution is 5.93. The maximum absolute atomic E-state index is 6.06. The molecule has 138 valence electrons. The van der Waals surface area contributed by atoms with Crippen molar-refractivity contribution in [2.24, 2.45) is 10.7 Å². The highest BCUT2D eigenvalue weighted by Gasteiger charge is 2.23. The maximum atomic E-state index is 6.06. The number of fused-ring (bicyclic) bond motifs is 1. The molecule has 0 amide bonds. The van der Waals surface area contributed by atoms with Gasteiger partial charge < -0.3 is 25.3 Å². The van der Waals surface area contributed by atoms with Crippen LogP contribution in [0.2, 0.25) is 0 Å². The van der Waals surface area contributed by atoms with Crippen LogP contribution in [0.3, 0.4) is 0 Å². The molecule has 0 saturated heterocycles. The third-order valence-corrected chi connectivity index (χ3v) is 4.34. The second-order valence-electron chi connectivity index (χ2n) is 6.77. The van der Waals surface area contributed by atoms with Crippen molar-refractivity contribution in [3.8, 4) is 17.2 Å². The molecule has 1 aliphatic rings. The Balaban J connectivity index is 1.71. The Bertz CT molecular complexity index is 803. The largest absolute Gasteiger partial charge is 0.495 e. The molecule has 26 heavy (non-hydrogen) atoms. The number of anilines is 1. The molecule has 6 nitrogen and oxygen atoms in total. The van der Waals surface area contributed by atoms with Crippen molar-refractivity contribution in [3.05, 3.63) is 48.0 Å². The average Bonchev–Trinajstić information content (AvgIpc) is 2.66. The Labute approximate surface area is 154 Å². The molecule has 1 aliphatic heterocycles. The summed E-state index contributed by atoms with van der Waals surface area (Å²) < 4.78 is 16.6. The summed E-state index contributed by atoms with van der Waals surface area (Å²) in [5, 5.41) is 3.09. The van der Waals surface area contributed by atoms with Gasteiger partial charge in [0.25, 0.3) is 0 Å². The fourth-order valence-corrected chi connectivity index (χ4v) is 2.76. The van der Waals surface area contributed by atoms with Gasteiger partial charge in [-0.25, -0.2) is 0 Å². The van der Waals surface area contributed by atoms with Crippen LogP contribution in [0, 0.1) is 0 Å². The number of nitrogens with one attached hydrogen (secondary N) is 1. The normalized spacial score (nSPS) is 14.0. The van der Waals surface area contributed by atoms with Crippen LogP contribution < -0.4 is 25.3 Å². The van der Waals surface area contributed by atoms with Gasteiger partial charge in [-0.1, -0.05) is 32.0 Å². The number of nitrogens with zero attached hydrogens (tertiary/aromatic N) is 1. The minimum Gasteiger partial charge on any atom is -0.495 e. The van der Waals surface area contributed by atoms with Gasteiger partial charge in [-0.15, -0.1) is 0 Å². The van der Waals surface area contributed by atoms with Crippen LogP contribution in [-0.4, -0.2) is 32.8 Å². The molecule has 0 unspecified atom stereocenters. The first-order chi connectivity index (χ1) is 12.5. The van der Waals surface area contributed by atoms with Crippen LogP contribution >= 0.6 is 0 Å². The van der Waals surface area contributed by atoms with Crippen molar-refractivity contribution in [1.29, 1.82) is 0 Å². The molecular formula is C20H25N3O3. The molecule has 0 atom stereocenters. The zero-order chi connectivity index (χ0) is 18.6. The molecule has 0 saturated carbocycles. The van der Waals surface area contributed by atoms with E-state index in [-0.39, 0.29) is 5.41 Å². The summed E-state index contributed by atoms with van der Waals surface area (Å²) >= 11 is 0. The SMILES string of the molecule is COc1ccccc1NC(N)=NCC(C)(C)c1ccc2c(c1)OCCO2. The van der Waals surface area contributed by atoms with Crippen molar-refractivity contribution in [3.63, 3.8) is 0 Å². The molecular weight excluding hydrogens is 330 g/mol. The topological polar surface area (TPSA) is 78.1 Å². The summed E-state index contributed by atoms with van der Waals surface area (Å²) in [5.41, 5.74) is 7.77. The van der Waals surface area contributed by atoms with E-state index in [0.29, 0.717) is 25.7 Å². The first-order valence-electron chi connectivity index (χ1n) is 8.60. The molecule has 2 aromatic rings. The lowest BCUT2D eigenvalue weighted by Gasteiger charge is -2.26. The van der Waals surface area contributed by atoms with Gasteiger partial charge in [0.15, 0.2) is 17.5 Å². The van der Waals surface area contributed by atoms with Gasteiger partial charge in [0.2, 0.25) is 0 Å². The summed E-state index contributed by atoms with van der Waals surface area (Å²) in [7, 11) is 1.62. The number of hydrogen-bond donors (Lipinski definition) is 2. The van der Waals surface area contributed by atoms with Crippen LogP contribution in [0.1, 0.15) is 19.4 Å². The quantitative estimate of drug-likeness (QED) is 0.636. The number of methoxy groups -OCH3 is 1. The second-order valence-corrected chi connectivity index (χ2v) is 6.77. The fraction of sp³-hybridized carbons (Fsp3) is 0.350. The molecule has 0 fully saturated rings. The number of rotatable bonds is 5. The minimum atomic E-state index is -0.205. The molecule has 0 radical (unpaired) electrons. The van der Waals surface area contributed by atoms with Crippen LogP contribution in [0.25, 0.3) is 0 Å². The van der Waals surface area contributed by atoms with Gasteiger partial charge in [0.05, 0.1) is 19.3 Å². The number of aliphatic imine (C=N–C) groups is 1. The Morgan fingerprint density at radius 1 is 1.15 bits per heavy atom. The molecule has 6 heteroatoms. The van der Waals surface area contributed by atoms with E-state index in [1.807, 2.05) is 42.5 Å². The first-order valence-corrected chi connectivity index (χ1v) is 8.60. The number of ether oxygens (including phenoxy) is 3. The van der Waals surface area contributed by atoms with Gasteiger partial charge in [-0.05, 0) is 29.8 Å². The molecule has 1 heterocycles. The third kappa shape index (κ3) is 4.02. The summed E-state index contributed by atoms with van der Waals surface area (Å²) in [6.07, 6.45) is 0. The van der Waals surface area contributed by atoms with Crippen LogP contribution in [0.15, 0.2) is 47.5 Å². The van der Waals surface area contributed by atoms with Gasteiger partial charge in [0.1, 0.15) is 19.0 Å². The lowest BCUT2D eigenvalue weighted by Crippen LogP contribution is -2.28. The molecule has 0 spiro atoms. The predicted octanol–water partition coefficient (Wildman–Crippen LogP) is 3.17. The Morgan fingerprint density at radius 2 is 1.88 bits per heavy atom. The van der Waals surface area contributed by atoms with Crippen molar-refractivity contribution in [2.45, 2.75) is 19.3 Å². The fourth-order valence-electron chi connectivity index (χ4n) is 2.76. The molecule has 0 bridgehead atoms. The van der Waals surface area contributed by atoms with Crippen molar-refractivity contribution < 1.29 is 14.2 Å². The van der Waals surface area contributed by atoms with E-state index in [2.05, 4.69) is 24.2 Å². The number of guanidine groups is 1. The molecule has 0 aromatic heterocycles. The molecule has 3 rings (SSSR count). The number of para-hydroxylation sites is 2. The highest BCUT2D eigenvalue weighted by atomic mass is 16.6. The first kappa shape index (κ1) is 17.9. The standard InChI is InChI=1S/C20H25N3O3/c1-20(2,14-8-9-17-18(12-14)26-11-10-25-17)13-22-19(21)23-15-6-4-5-7-16(15)24-3/h4-9,12H,10-11,13H2,1-3H3,(H3,21,22,23). The van der Waals surface area contributed by atoms with E-state index in [4.69, 9.17) is 19.9 Å². The monoisotopic (exact) mass is 355 g/mol.